The van der Waals surface area contributed by atoms with Gasteiger partial charge in [0.25, 0.3) is 0 Å². The third kappa shape index (κ3) is 4.91. The summed E-state index contributed by atoms with van der Waals surface area (Å²) in [5.74, 6) is 1.39. The summed E-state index contributed by atoms with van der Waals surface area (Å²) >= 11 is 0. The van der Waals surface area contributed by atoms with Gasteiger partial charge in [0, 0.05) is 25.2 Å². The fraction of sp³-hybridized carbons (Fsp3) is 0.625. The van der Waals surface area contributed by atoms with Crippen LogP contribution in [0.3, 0.4) is 0 Å². The molecule has 0 saturated carbocycles. The van der Waals surface area contributed by atoms with Crippen LogP contribution in [-0.4, -0.2) is 42.9 Å². The number of ether oxygens (including phenoxy) is 2. The fourth-order valence-corrected chi connectivity index (χ4v) is 2.60. The molecule has 3 N–H and O–H groups in total. The quantitative estimate of drug-likeness (QED) is 0.886. The van der Waals surface area contributed by atoms with E-state index in [9.17, 15) is 4.79 Å². The standard InChI is InChI=1S/C16H26N4O3/c1-16(2,3)23-15(21)19-12-6-5-7-20(10-12)14-13(22-4)8-11(17)9-18-14/h8-9,12H,5-7,10,17H2,1-4H3,(H,19,21). The van der Waals surface area contributed by atoms with Gasteiger partial charge in [0.15, 0.2) is 11.6 Å². The van der Waals surface area contributed by atoms with E-state index >= 15 is 0 Å². The second-order valence-corrected chi connectivity index (χ2v) is 6.73. The highest BCUT2D eigenvalue weighted by Crippen LogP contribution is 2.29. The number of hydrogen-bond donors (Lipinski definition) is 2. The molecule has 0 radical (unpaired) electrons. The minimum Gasteiger partial charge on any atom is -0.493 e. The van der Waals surface area contributed by atoms with Crippen LogP contribution in [-0.2, 0) is 4.74 Å². The number of nitrogen functional groups attached to an aromatic ring is 1. The fourth-order valence-electron chi connectivity index (χ4n) is 2.60. The number of amides is 1. The molecule has 2 heterocycles. The Balaban J connectivity index is 2.02. The van der Waals surface area contributed by atoms with Crippen LogP contribution >= 0.6 is 0 Å². The minimum atomic E-state index is -0.500. The Hall–Kier alpha value is -2.18. The summed E-state index contributed by atoms with van der Waals surface area (Å²) in [4.78, 5) is 18.4. The Morgan fingerprint density at radius 3 is 2.87 bits per heavy atom. The first kappa shape index (κ1) is 17.2. The number of nitrogens with two attached hydrogens (primary N) is 1. The van der Waals surface area contributed by atoms with Crippen LogP contribution in [0.1, 0.15) is 33.6 Å². The summed E-state index contributed by atoms with van der Waals surface area (Å²) in [5.41, 5.74) is 5.81. The molecule has 128 valence electrons. The number of rotatable bonds is 3. The average molecular weight is 322 g/mol. The van der Waals surface area contributed by atoms with E-state index in [0.29, 0.717) is 18.0 Å². The number of pyridine rings is 1. The van der Waals surface area contributed by atoms with Crippen molar-refractivity contribution in [2.24, 2.45) is 0 Å². The first-order chi connectivity index (χ1) is 10.8. The lowest BCUT2D eigenvalue weighted by Crippen LogP contribution is -2.49. The number of nitrogens with zero attached hydrogens (tertiary/aromatic N) is 2. The Morgan fingerprint density at radius 2 is 2.22 bits per heavy atom. The van der Waals surface area contributed by atoms with Crippen molar-refractivity contribution in [2.75, 3.05) is 30.8 Å². The minimum absolute atomic E-state index is 0.0164. The maximum absolute atomic E-state index is 11.9. The van der Waals surface area contributed by atoms with Crippen molar-refractivity contribution in [3.8, 4) is 5.75 Å². The lowest BCUT2D eigenvalue weighted by atomic mass is 10.1. The zero-order chi connectivity index (χ0) is 17.0. The molecule has 1 atom stereocenters. The van der Waals surface area contributed by atoms with Crippen LogP contribution in [0, 0.1) is 0 Å². The van der Waals surface area contributed by atoms with Crippen LogP contribution in [0.25, 0.3) is 0 Å². The second kappa shape index (κ2) is 6.93. The van der Waals surface area contributed by atoms with E-state index in [2.05, 4.69) is 15.2 Å². The third-order valence-corrected chi connectivity index (χ3v) is 3.52. The summed E-state index contributed by atoms with van der Waals surface area (Å²) in [6.07, 6.45) is 3.09. The van der Waals surface area contributed by atoms with Gasteiger partial charge in [0.2, 0.25) is 0 Å². The van der Waals surface area contributed by atoms with Gasteiger partial charge in [-0.2, -0.15) is 0 Å². The number of anilines is 2. The zero-order valence-electron chi connectivity index (χ0n) is 14.3. The highest BCUT2D eigenvalue weighted by atomic mass is 16.6. The van der Waals surface area contributed by atoms with Crippen LogP contribution < -0.4 is 20.7 Å². The number of methoxy groups -OCH3 is 1. The number of hydrogen-bond acceptors (Lipinski definition) is 6. The van der Waals surface area contributed by atoms with Crippen LogP contribution in [0.2, 0.25) is 0 Å². The van der Waals surface area contributed by atoms with E-state index in [1.807, 2.05) is 20.8 Å². The number of carbonyl (C=O) groups is 1. The van der Waals surface area contributed by atoms with Crippen molar-refractivity contribution in [1.82, 2.24) is 10.3 Å². The number of piperidine rings is 1. The molecule has 23 heavy (non-hydrogen) atoms. The van der Waals surface area contributed by atoms with Gasteiger partial charge in [-0.1, -0.05) is 0 Å². The van der Waals surface area contributed by atoms with Gasteiger partial charge in [0.1, 0.15) is 5.60 Å². The van der Waals surface area contributed by atoms with Gasteiger partial charge in [-0.3, -0.25) is 0 Å². The van der Waals surface area contributed by atoms with Gasteiger partial charge in [-0.15, -0.1) is 0 Å². The molecule has 1 amide bonds. The Kier molecular flexibility index (Phi) is 5.18. The molecule has 1 aliphatic heterocycles. The van der Waals surface area contributed by atoms with Gasteiger partial charge in [-0.25, -0.2) is 9.78 Å². The monoisotopic (exact) mass is 322 g/mol. The molecular formula is C16H26N4O3. The van der Waals surface area contributed by atoms with Gasteiger partial charge < -0.3 is 25.4 Å². The Labute approximate surface area is 137 Å². The predicted octanol–water partition coefficient (Wildman–Crippen LogP) is 2.17. The van der Waals surface area contributed by atoms with Crippen molar-refractivity contribution in [1.29, 1.82) is 0 Å². The first-order valence-electron chi connectivity index (χ1n) is 7.82. The molecule has 1 aliphatic rings. The molecule has 0 bridgehead atoms. The number of aromatic nitrogens is 1. The summed E-state index contributed by atoms with van der Waals surface area (Å²) in [6.45, 7) is 7.07. The summed E-state index contributed by atoms with van der Waals surface area (Å²) in [5, 5.41) is 2.93. The van der Waals surface area contributed by atoms with Crippen molar-refractivity contribution in [3.05, 3.63) is 12.3 Å². The van der Waals surface area contributed by atoms with Crippen LogP contribution in [0.15, 0.2) is 12.3 Å². The molecule has 7 heteroatoms. The zero-order valence-corrected chi connectivity index (χ0v) is 14.3. The Morgan fingerprint density at radius 1 is 1.48 bits per heavy atom. The van der Waals surface area contributed by atoms with E-state index in [4.69, 9.17) is 15.2 Å². The van der Waals surface area contributed by atoms with Crippen molar-refractivity contribution in [2.45, 2.75) is 45.3 Å². The van der Waals surface area contributed by atoms with E-state index < -0.39 is 5.60 Å². The summed E-state index contributed by atoms with van der Waals surface area (Å²) < 4.78 is 10.7. The highest BCUT2D eigenvalue weighted by molar-refractivity contribution is 5.68. The van der Waals surface area contributed by atoms with Crippen molar-refractivity contribution >= 4 is 17.6 Å². The molecule has 0 aromatic carbocycles. The number of nitrogens with one attached hydrogen (secondary N) is 1. The molecule has 1 aromatic heterocycles. The summed E-state index contributed by atoms with van der Waals surface area (Å²) in [7, 11) is 1.60. The maximum atomic E-state index is 11.9. The number of alkyl carbamates (subject to hydrolysis) is 1. The lowest BCUT2D eigenvalue weighted by Gasteiger charge is -2.34. The van der Waals surface area contributed by atoms with Crippen molar-refractivity contribution < 1.29 is 14.3 Å². The average Bonchev–Trinajstić information content (AvgIpc) is 2.45. The first-order valence-corrected chi connectivity index (χ1v) is 7.82. The van der Waals surface area contributed by atoms with Crippen LogP contribution in [0.4, 0.5) is 16.3 Å². The largest absolute Gasteiger partial charge is 0.493 e. The predicted molar refractivity (Wildman–Crippen MR) is 89.8 cm³/mol. The van der Waals surface area contributed by atoms with Gasteiger partial charge in [-0.05, 0) is 33.6 Å². The maximum Gasteiger partial charge on any atom is 0.407 e. The normalized spacial score (nSPS) is 18.4. The van der Waals surface area contributed by atoms with Crippen molar-refractivity contribution in [3.63, 3.8) is 0 Å². The Bertz CT molecular complexity index is 557. The molecule has 1 aromatic rings. The molecule has 7 nitrogen and oxygen atoms in total. The lowest BCUT2D eigenvalue weighted by molar-refractivity contribution is 0.0500. The summed E-state index contributed by atoms with van der Waals surface area (Å²) in [6, 6.07) is 1.77. The molecule has 1 saturated heterocycles. The molecular weight excluding hydrogens is 296 g/mol. The van der Waals surface area contributed by atoms with Crippen LogP contribution in [0.5, 0.6) is 5.75 Å². The number of carbonyl (C=O) groups excluding carboxylic acids is 1. The molecule has 0 spiro atoms. The molecule has 0 aliphatic carbocycles. The SMILES string of the molecule is COc1cc(N)cnc1N1CCCC(NC(=O)OC(C)(C)C)C1. The van der Waals surface area contributed by atoms with Gasteiger partial charge in [0.05, 0.1) is 19.0 Å². The molecule has 1 unspecified atom stereocenters. The van der Waals surface area contributed by atoms with E-state index in [1.165, 1.54) is 0 Å². The van der Waals surface area contributed by atoms with E-state index in [1.54, 1.807) is 19.4 Å². The topological polar surface area (TPSA) is 89.7 Å². The molecule has 1 fully saturated rings. The second-order valence-electron chi connectivity index (χ2n) is 6.73. The van der Waals surface area contributed by atoms with Gasteiger partial charge >= 0.3 is 6.09 Å². The third-order valence-electron chi connectivity index (χ3n) is 3.52. The molecule has 2 rings (SSSR count). The smallest absolute Gasteiger partial charge is 0.407 e. The van der Waals surface area contributed by atoms with E-state index in [0.717, 1.165) is 25.2 Å². The van der Waals surface area contributed by atoms with E-state index in [-0.39, 0.29) is 12.1 Å². The highest BCUT2D eigenvalue weighted by Gasteiger charge is 2.26.